The maximum atomic E-state index is 13.8. The van der Waals surface area contributed by atoms with E-state index in [0.717, 1.165) is 80.3 Å². The molecule has 1 heterocycles. The van der Waals surface area contributed by atoms with Crippen molar-refractivity contribution in [3.8, 4) is 28.4 Å². The molecule has 3 aromatic carbocycles. The zero-order valence-electron chi connectivity index (χ0n) is 22.3. The molecule has 5 heteroatoms. The number of aromatic nitrogens is 2. The molecule has 0 aliphatic rings. The van der Waals surface area contributed by atoms with Crippen molar-refractivity contribution in [2.24, 2.45) is 0 Å². The average Bonchev–Trinajstić information content (AvgIpc) is 3.29. The second kappa shape index (κ2) is 13.2. The number of nitrogens with zero attached hydrogens (tertiary/aromatic N) is 3. The molecule has 0 spiro atoms. The zero-order chi connectivity index (χ0) is 26.0. The molecule has 0 amide bonds. The van der Waals surface area contributed by atoms with E-state index >= 15 is 0 Å². The Morgan fingerprint density at radius 3 is 2.30 bits per heavy atom. The summed E-state index contributed by atoms with van der Waals surface area (Å²) < 4.78 is 21.7. The fourth-order valence-electron chi connectivity index (χ4n) is 4.69. The maximum Gasteiger partial charge on any atom is 0.140 e. The van der Waals surface area contributed by atoms with E-state index < -0.39 is 0 Å². The molecule has 4 rings (SSSR count). The lowest BCUT2D eigenvalue weighted by Crippen LogP contribution is -2.26. The molecule has 0 saturated heterocycles. The van der Waals surface area contributed by atoms with E-state index in [4.69, 9.17) is 9.72 Å². The van der Waals surface area contributed by atoms with Crippen LogP contribution in [0, 0.1) is 5.82 Å². The molecular formula is C32H38FN3O. The van der Waals surface area contributed by atoms with Crippen LogP contribution in [0.1, 0.15) is 50.8 Å². The molecular weight excluding hydrogens is 461 g/mol. The molecule has 4 nitrogen and oxygen atoms in total. The van der Waals surface area contributed by atoms with E-state index in [1.165, 1.54) is 23.4 Å². The molecule has 1 aromatic heterocycles. The molecule has 37 heavy (non-hydrogen) atoms. The number of unbranched alkanes of at least 4 members (excludes halogenated alkanes) is 2. The van der Waals surface area contributed by atoms with Gasteiger partial charge < -0.3 is 9.30 Å². The summed E-state index contributed by atoms with van der Waals surface area (Å²) in [6.45, 7) is 7.90. The van der Waals surface area contributed by atoms with Gasteiger partial charge in [0.15, 0.2) is 0 Å². The minimum Gasteiger partial charge on any atom is -0.497 e. The van der Waals surface area contributed by atoms with Crippen molar-refractivity contribution in [1.29, 1.82) is 0 Å². The van der Waals surface area contributed by atoms with Crippen molar-refractivity contribution < 1.29 is 9.13 Å². The second-order valence-corrected chi connectivity index (χ2v) is 9.52. The number of hydrogen-bond donors (Lipinski definition) is 0. The fourth-order valence-corrected chi connectivity index (χ4v) is 4.69. The molecule has 0 fully saturated rings. The van der Waals surface area contributed by atoms with Crippen LogP contribution in [0.3, 0.4) is 0 Å². The Morgan fingerprint density at radius 1 is 0.838 bits per heavy atom. The highest BCUT2D eigenvalue weighted by Gasteiger charge is 2.22. The number of ether oxygens (including phenoxy) is 1. The van der Waals surface area contributed by atoms with Gasteiger partial charge in [-0.05, 0) is 61.3 Å². The van der Waals surface area contributed by atoms with Crippen molar-refractivity contribution in [2.45, 2.75) is 59.2 Å². The van der Waals surface area contributed by atoms with Crippen LogP contribution in [0.4, 0.5) is 4.39 Å². The van der Waals surface area contributed by atoms with Gasteiger partial charge in [-0.3, -0.25) is 4.90 Å². The molecule has 0 radical (unpaired) electrons. The number of rotatable bonds is 13. The van der Waals surface area contributed by atoms with Crippen LogP contribution < -0.4 is 4.74 Å². The summed E-state index contributed by atoms with van der Waals surface area (Å²) in [7, 11) is 1.71. The normalized spacial score (nSPS) is 11.3. The molecule has 0 saturated carbocycles. The van der Waals surface area contributed by atoms with Gasteiger partial charge in [0.2, 0.25) is 0 Å². The monoisotopic (exact) mass is 499 g/mol. The van der Waals surface area contributed by atoms with Gasteiger partial charge in [-0.15, -0.1) is 0 Å². The summed E-state index contributed by atoms with van der Waals surface area (Å²) in [5.41, 5.74) is 5.38. The van der Waals surface area contributed by atoms with Crippen molar-refractivity contribution in [3.05, 3.63) is 95.9 Å². The van der Waals surface area contributed by atoms with E-state index in [1.54, 1.807) is 7.11 Å². The largest absolute Gasteiger partial charge is 0.497 e. The van der Waals surface area contributed by atoms with Crippen LogP contribution in [-0.2, 0) is 19.6 Å². The smallest absolute Gasteiger partial charge is 0.140 e. The minimum atomic E-state index is -0.235. The third kappa shape index (κ3) is 6.86. The summed E-state index contributed by atoms with van der Waals surface area (Å²) in [5, 5.41) is 0. The number of benzene rings is 3. The molecule has 0 aliphatic carbocycles. The van der Waals surface area contributed by atoms with Crippen molar-refractivity contribution in [2.75, 3.05) is 13.7 Å². The predicted molar refractivity (Wildman–Crippen MR) is 150 cm³/mol. The first kappa shape index (κ1) is 26.6. The van der Waals surface area contributed by atoms with Gasteiger partial charge in [0.25, 0.3) is 0 Å². The summed E-state index contributed by atoms with van der Waals surface area (Å²) in [5.74, 6) is 1.61. The van der Waals surface area contributed by atoms with E-state index in [-0.39, 0.29) is 5.82 Å². The lowest BCUT2D eigenvalue weighted by molar-refractivity contribution is 0.246. The van der Waals surface area contributed by atoms with Crippen molar-refractivity contribution in [3.63, 3.8) is 0 Å². The Balaban J connectivity index is 1.80. The molecule has 0 atom stereocenters. The number of imidazole rings is 1. The Morgan fingerprint density at radius 2 is 1.59 bits per heavy atom. The van der Waals surface area contributed by atoms with Gasteiger partial charge in [0.05, 0.1) is 18.5 Å². The van der Waals surface area contributed by atoms with E-state index in [2.05, 4.69) is 65.8 Å². The molecule has 4 aromatic rings. The predicted octanol–water partition coefficient (Wildman–Crippen LogP) is 7.97. The lowest BCUT2D eigenvalue weighted by Gasteiger charge is -2.24. The fraction of sp³-hybridized carbons (Fsp3) is 0.344. The third-order valence-corrected chi connectivity index (χ3v) is 6.70. The second-order valence-electron chi connectivity index (χ2n) is 9.52. The van der Waals surface area contributed by atoms with E-state index in [9.17, 15) is 4.39 Å². The van der Waals surface area contributed by atoms with Crippen molar-refractivity contribution >= 4 is 0 Å². The minimum absolute atomic E-state index is 0.235. The Kier molecular flexibility index (Phi) is 9.50. The Bertz CT molecular complexity index is 1250. The van der Waals surface area contributed by atoms with Gasteiger partial charge in [-0.25, -0.2) is 9.37 Å². The van der Waals surface area contributed by atoms with Crippen LogP contribution in [-0.4, -0.2) is 28.1 Å². The number of halogens is 1. The van der Waals surface area contributed by atoms with E-state index in [1.807, 2.05) is 24.3 Å². The maximum absolute atomic E-state index is 13.8. The van der Waals surface area contributed by atoms with Crippen LogP contribution in [0.2, 0.25) is 0 Å². The first-order valence-electron chi connectivity index (χ1n) is 13.4. The molecule has 0 bridgehead atoms. The Labute approximate surface area is 220 Å². The SMILES string of the molecule is CCCCN(Cc1cccc(OC)c1)Cc1c(-c2ccc(F)cc2)nc(-c2ccccc2)n1CCCC. The summed E-state index contributed by atoms with van der Waals surface area (Å²) in [6.07, 6.45) is 4.41. The quantitative estimate of drug-likeness (QED) is 0.187. The first-order chi connectivity index (χ1) is 18.1. The van der Waals surface area contributed by atoms with Gasteiger partial charge >= 0.3 is 0 Å². The summed E-state index contributed by atoms with van der Waals surface area (Å²) in [4.78, 5) is 7.69. The highest BCUT2D eigenvalue weighted by atomic mass is 19.1. The number of hydrogen-bond acceptors (Lipinski definition) is 3. The molecule has 0 aliphatic heterocycles. The van der Waals surface area contributed by atoms with Crippen LogP contribution in [0.25, 0.3) is 22.6 Å². The summed E-state index contributed by atoms with van der Waals surface area (Å²) in [6, 6.07) is 25.4. The first-order valence-corrected chi connectivity index (χ1v) is 13.4. The van der Waals surface area contributed by atoms with Gasteiger partial charge in [0, 0.05) is 30.8 Å². The van der Waals surface area contributed by atoms with Crippen molar-refractivity contribution in [1.82, 2.24) is 14.5 Å². The van der Waals surface area contributed by atoms with E-state index in [0.29, 0.717) is 0 Å². The van der Waals surface area contributed by atoms with Gasteiger partial charge in [-0.2, -0.15) is 0 Å². The van der Waals surface area contributed by atoms with Gasteiger partial charge in [-0.1, -0.05) is 69.2 Å². The topological polar surface area (TPSA) is 30.3 Å². The van der Waals surface area contributed by atoms with Crippen LogP contribution in [0.15, 0.2) is 78.9 Å². The Hall–Kier alpha value is -3.44. The molecule has 0 N–H and O–H groups in total. The zero-order valence-corrected chi connectivity index (χ0v) is 22.3. The average molecular weight is 500 g/mol. The van der Waals surface area contributed by atoms with Crippen LogP contribution in [0.5, 0.6) is 5.75 Å². The van der Waals surface area contributed by atoms with Gasteiger partial charge in [0.1, 0.15) is 17.4 Å². The summed E-state index contributed by atoms with van der Waals surface area (Å²) >= 11 is 0. The lowest BCUT2D eigenvalue weighted by atomic mass is 10.1. The van der Waals surface area contributed by atoms with Crippen LogP contribution >= 0.6 is 0 Å². The highest BCUT2D eigenvalue weighted by molar-refractivity contribution is 5.68. The number of methoxy groups -OCH3 is 1. The molecule has 0 unspecified atom stereocenters. The third-order valence-electron chi connectivity index (χ3n) is 6.70. The highest BCUT2D eigenvalue weighted by Crippen LogP contribution is 2.32. The standard InChI is InChI=1S/C32H38FN3O/c1-4-6-20-35(23-25-12-11-15-29(22-25)37-3)24-30-31(26-16-18-28(33)19-17-26)34-32(36(30)21-7-5-2)27-13-9-8-10-14-27/h8-19,22H,4-7,20-21,23-24H2,1-3H3. The molecule has 194 valence electrons.